The fraction of sp³-hybridized carbons (Fsp3) is 0.143. The van der Waals surface area contributed by atoms with Crippen molar-refractivity contribution < 1.29 is 28.2 Å². The summed E-state index contributed by atoms with van der Waals surface area (Å²) in [5, 5.41) is 6.98. The number of halogens is 1. The molecule has 8 nitrogen and oxygen atoms in total. The Labute approximate surface area is 181 Å². The van der Waals surface area contributed by atoms with Crippen molar-refractivity contribution in [2.75, 3.05) is 25.6 Å². The fourth-order valence-electron chi connectivity index (χ4n) is 2.46. The van der Waals surface area contributed by atoms with Crippen LogP contribution in [0.5, 0.6) is 5.75 Å². The van der Waals surface area contributed by atoms with Crippen LogP contribution in [0.4, 0.5) is 9.52 Å². The van der Waals surface area contributed by atoms with Crippen molar-refractivity contribution in [1.29, 1.82) is 0 Å². The molecule has 0 saturated heterocycles. The predicted molar refractivity (Wildman–Crippen MR) is 112 cm³/mol. The summed E-state index contributed by atoms with van der Waals surface area (Å²) in [6, 6.07) is 12.3. The van der Waals surface area contributed by atoms with E-state index in [1.54, 1.807) is 24.6 Å². The number of aromatic nitrogens is 1. The lowest BCUT2D eigenvalue weighted by Gasteiger charge is -2.06. The fourth-order valence-corrected chi connectivity index (χ4v) is 3.20. The summed E-state index contributed by atoms with van der Waals surface area (Å²) in [4.78, 5) is 39.9. The molecule has 10 heteroatoms. The van der Waals surface area contributed by atoms with E-state index in [1.165, 1.54) is 29.5 Å². The van der Waals surface area contributed by atoms with E-state index in [0.717, 1.165) is 17.4 Å². The number of rotatable bonds is 8. The third-order valence-electron chi connectivity index (χ3n) is 3.98. The molecule has 0 radical (unpaired) electrons. The van der Waals surface area contributed by atoms with Crippen LogP contribution >= 0.6 is 11.3 Å². The van der Waals surface area contributed by atoms with Gasteiger partial charge in [0.2, 0.25) is 0 Å². The molecule has 2 aromatic carbocycles. The maximum atomic E-state index is 13.1. The second-order valence-electron chi connectivity index (χ2n) is 6.17. The zero-order valence-electron chi connectivity index (χ0n) is 16.4. The van der Waals surface area contributed by atoms with E-state index in [1.807, 2.05) is 12.1 Å². The van der Waals surface area contributed by atoms with Crippen LogP contribution in [0, 0.1) is 5.82 Å². The summed E-state index contributed by atoms with van der Waals surface area (Å²) in [7, 11) is 1.58. The van der Waals surface area contributed by atoms with Gasteiger partial charge in [-0.15, -0.1) is 11.3 Å². The Morgan fingerprint density at radius 3 is 2.61 bits per heavy atom. The van der Waals surface area contributed by atoms with Crippen molar-refractivity contribution in [1.82, 2.24) is 10.3 Å². The standard InChI is InChI=1S/C21H18FN3O5S/c1-29-16-7-5-13(6-8-16)17-12-31-21(24-17)25-18(26)11-30-19(27)10-23-20(28)14-3-2-4-15(22)9-14/h2-9,12H,10-11H2,1H3,(H,23,28)(H,24,25,26). The van der Waals surface area contributed by atoms with Gasteiger partial charge in [-0.25, -0.2) is 9.37 Å². The minimum atomic E-state index is -0.807. The SMILES string of the molecule is COc1ccc(-c2csc(NC(=O)COC(=O)CNC(=O)c3cccc(F)c3)n2)cc1. The number of carbonyl (C=O) groups excluding carboxylic acids is 3. The lowest BCUT2D eigenvalue weighted by Crippen LogP contribution is -2.32. The monoisotopic (exact) mass is 443 g/mol. The van der Waals surface area contributed by atoms with Crippen LogP contribution in [0.15, 0.2) is 53.9 Å². The maximum absolute atomic E-state index is 13.1. The lowest BCUT2D eigenvalue weighted by molar-refractivity contribution is -0.146. The van der Waals surface area contributed by atoms with Crippen molar-refractivity contribution in [3.63, 3.8) is 0 Å². The highest BCUT2D eigenvalue weighted by atomic mass is 32.1. The van der Waals surface area contributed by atoms with Gasteiger partial charge >= 0.3 is 5.97 Å². The maximum Gasteiger partial charge on any atom is 0.325 e. The summed E-state index contributed by atoms with van der Waals surface area (Å²) in [6.45, 7) is -0.992. The van der Waals surface area contributed by atoms with E-state index < -0.39 is 36.8 Å². The van der Waals surface area contributed by atoms with Crippen molar-refractivity contribution in [2.45, 2.75) is 0 Å². The number of anilines is 1. The zero-order chi connectivity index (χ0) is 22.2. The third-order valence-corrected chi connectivity index (χ3v) is 4.74. The normalized spacial score (nSPS) is 10.3. The zero-order valence-corrected chi connectivity index (χ0v) is 17.2. The largest absolute Gasteiger partial charge is 0.497 e. The van der Waals surface area contributed by atoms with Gasteiger partial charge in [0.05, 0.1) is 12.8 Å². The molecule has 0 atom stereocenters. The Morgan fingerprint density at radius 2 is 1.90 bits per heavy atom. The lowest BCUT2D eigenvalue weighted by atomic mass is 10.2. The summed E-state index contributed by atoms with van der Waals surface area (Å²) >= 11 is 1.23. The molecule has 31 heavy (non-hydrogen) atoms. The number of carbonyl (C=O) groups is 3. The van der Waals surface area contributed by atoms with Crippen LogP contribution in [0.1, 0.15) is 10.4 Å². The van der Waals surface area contributed by atoms with Crippen LogP contribution in [0.3, 0.4) is 0 Å². The predicted octanol–water partition coefficient (Wildman–Crippen LogP) is 2.87. The molecule has 0 bridgehead atoms. The molecule has 3 aromatic rings. The quantitative estimate of drug-likeness (QED) is 0.519. The Balaban J connectivity index is 1.43. The first-order valence-electron chi connectivity index (χ1n) is 9.04. The average Bonchev–Trinajstić information content (AvgIpc) is 3.24. The van der Waals surface area contributed by atoms with Gasteiger partial charge in [-0.2, -0.15) is 0 Å². The van der Waals surface area contributed by atoms with Crippen molar-refractivity contribution in [3.05, 3.63) is 65.3 Å². The molecule has 2 amide bonds. The number of hydrogen-bond acceptors (Lipinski definition) is 7. The van der Waals surface area contributed by atoms with Gasteiger partial charge in [0.25, 0.3) is 11.8 Å². The van der Waals surface area contributed by atoms with Gasteiger partial charge in [-0.3, -0.25) is 19.7 Å². The van der Waals surface area contributed by atoms with Gasteiger partial charge in [-0.05, 0) is 42.5 Å². The molecule has 0 fully saturated rings. The highest BCUT2D eigenvalue weighted by molar-refractivity contribution is 7.14. The average molecular weight is 443 g/mol. The molecule has 0 aliphatic heterocycles. The van der Waals surface area contributed by atoms with Crippen molar-refractivity contribution in [2.24, 2.45) is 0 Å². The molecule has 0 aliphatic rings. The molecule has 0 unspecified atom stereocenters. The molecule has 1 heterocycles. The molecule has 3 rings (SSSR count). The summed E-state index contributed by atoms with van der Waals surface area (Å²) < 4.78 is 23.1. The van der Waals surface area contributed by atoms with E-state index in [9.17, 15) is 18.8 Å². The van der Waals surface area contributed by atoms with Gasteiger partial charge in [0.1, 0.15) is 18.1 Å². The molecular weight excluding hydrogens is 425 g/mol. The Morgan fingerprint density at radius 1 is 1.13 bits per heavy atom. The Bertz CT molecular complexity index is 1080. The number of hydrogen-bond donors (Lipinski definition) is 2. The smallest absolute Gasteiger partial charge is 0.325 e. The van der Waals surface area contributed by atoms with Crippen LogP contribution < -0.4 is 15.4 Å². The van der Waals surface area contributed by atoms with Gasteiger partial charge in [0.15, 0.2) is 11.7 Å². The van der Waals surface area contributed by atoms with Crippen molar-refractivity contribution in [3.8, 4) is 17.0 Å². The van der Waals surface area contributed by atoms with E-state index in [4.69, 9.17) is 9.47 Å². The second kappa shape index (κ2) is 10.3. The summed E-state index contributed by atoms with van der Waals surface area (Å²) in [5.74, 6) is -1.85. The van der Waals surface area contributed by atoms with Crippen LogP contribution in [0.2, 0.25) is 0 Å². The van der Waals surface area contributed by atoms with Gasteiger partial charge < -0.3 is 14.8 Å². The van der Waals surface area contributed by atoms with Gasteiger partial charge in [0, 0.05) is 16.5 Å². The summed E-state index contributed by atoms with van der Waals surface area (Å²) in [5.41, 5.74) is 1.61. The van der Waals surface area contributed by atoms with Crippen molar-refractivity contribution >= 4 is 34.3 Å². The highest BCUT2D eigenvalue weighted by Gasteiger charge is 2.13. The molecule has 0 aliphatic carbocycles. The molecular formula is C21H18FN3O5S. The molecule has 2 N–H and O–H groups in total. The first-order valence-corrected chi connectivity index (χ1v) is 9.92. The first-order chi connectivity index (χ1) is 14.9. The number of amides is 2. The Kier molecular flexibility index (Phi) is 7.28. The van der Waals surface area contributed by atoms with Crippen LogP contribution in [0.25, 0.3) is 11.3 Å². The van der Waals surface area contributed by atoms with Crippen LogP contribution in [-0.4, -0.2) is 43.0 Å². The number of esters is 1. The minimum Gasteiger partial charge on any atom is -0.497 e. The molecule has 160 valence electrons. The number of nitrogens with zero attached hydrogens (tertiary/aromatic N) is 1. The topological polar surface area (TPSA) is 107 Å². The van der Waals surface area contributed by atoms with E-state index in [-0.39, 0.29) is 5.56 Å². The van der Waals surface area contributed by atoms with E-state index in [0.29, 0.717) is 10.8 Å². The Hall–Kier alpha value is -3.79. The minimum absolute atomic E-state index is 0.0713. The summed E-state index contributed by atoms with van der Waals surface area (Å²) in [6.07, 6.45) is 0. The number of benzene rings is 2. The third kappa shape index (κ3) is 6.34. The molecule has 0 spiro atoms. The van der Waals surface area contributed by atoms with E-state index >= 15 is 0 Å². The van der Waals surface area contributed by atoms with E-state index in [2.05, 4.69) is 15.6 Å². The molecule has 0 saturated carbocycles. The van der Waals surface area contributed by atoms with Crippen LogP contribution in [-0.2, 0) is 14.3 Å². The number of thiazole rings is 1. The number of ether oxygens (including phenoxy) is 2. The highest BCUT2D eigenvalue weighted by Crippen LogP contribution is 2.26. The molecule has 1 aromatic heterocycles. The number of nitrogens with one attached hydrogen (secondary N) is 2. The van der Waals surface area contributed by atoms with Gasteiger partial charge in [-0.1, -0.05) is 6.07 Å². The second-order valence-corrected chi connectivity index (χ2v) is 7.03. The first kappa shape index (κ1) is 21.9. The number of methoxy groups -OCH3 is 1.